The van der Waals surface area contributed by atoms with Crippen LogP contribution in [0, 0.1) is 5.82 Å². The first-order chi connectivity index (χ1) is 8.61. The zero-order chi connectivity index (χ0) is 13.4. The van der Waals surface area contributed by atoms with Crippen molar-refractivity contribution in [2.75, 3.05) is 6.61 Å². The van der Waals surface area contributed by atoms with Gasteiger partial charge in [0, 0.05) is 18.7 Å². The van der Waals surface area contributed by atoms with Gasteiger partial charge < -0.3 is 10.4 Å². The van der Waals surface area contributed by atoms with Gasteiger partial charge in [0.2, 0.25) is 5.91 Å². The highest BCUT2D eigenvalue weighted by Crippen LogP contribution is 2.04. The molecule has 2 N–H and O–H groups in total. The second kappa shape index (κ2) is 7.61. The zero-order valence-electron chi connectivity index (χ0n) is 10.4. The molecule has 98 valence electrons. The molecule has 0 heterocycles. The molecule has 4 heteroatoms. The van der Waals surface area contributed by atoms with E-state index < -0.39 is 0 Å². The molecule has 1 aromatic carbocycles. The molecule has 0 aliphatic carbocycles. The highest BCUT2D eigenvalue weighted by molar-refractivity contribution is 5.91. The van der Waals surface area contributed by atoms with Gasteiger partial charge in [-0.15, -0.1) is 0 Å². The summed E-state index contributed by atoms with van der Waals surface area (Å²) in [6.07, 6.45) is 4.46. The molecule has 1 rings (SSSR count). The second-order valence-corrected chi connectivity index (χ2v) is 4.16. The van der Waals surface area contributed by atoms with Gasteiger partial charge in [-0.1, -0.05) is 12.1 Å². The van der Waals surface area contributed by atoms with Crippen LogP contribution >= 0.6 is 0 Å². The number of hydrogen-bond donors (Lipinski definition) is 2. The summed E-state index contributed by atoms with van der Waals surface area (Å²) in [7, 11) is 0. The molecule has 0 saturated heterocycles. The Morgan fingerprint density at radius 2 is 2.11 bits per heavy atom. The molecule has 3 nitrogen and oxygen atoms in total. The SMILES string of the molecule is CC(CCCO)NC(=O)C=Cc1ccc(F)cc1. The summed E-state index contributed by atoms with van der Waals surface area (Å²) in [4.78, 5) is 11.5. The number of aliphatic hydroxyl groups excluding tert-OH is 1. The first kappa shape index (κ1) is 14.4. The average molecular weight is 251 g/mol. The predicted octanol–water partition coefficient (Wildman–Crippen LogP) is 2.12. The van der Waals surface area contributed by atoms with Crippen LogP contribution in [0.15, 0.2) is 30.3 Å². The standard InChI is InChI=1S/C14H18FNO2/c1-11(3-2-10-17)16-14(18)9-6-12-4-7-13(15)8-5-12/h4-9,11,17H,2-3,10H2,1H3,(H,16,18). The molecule has 0 radical (unpaired) electrons. The molecule has 18 heavy (non-hydrogen) atoms. The molecular formula is C14H18FNO2. The van der Waals surface area contributed by atoms with E-state index >= 15 is 0 Å². The number of carbonyl (C=O) groups is 1. The first-order valence-corrected chi connectivity index (χ1v) is 5.97. The van der Waals surface area contributed by atoms with E-state index in [0.717, 1.165) is 12.0 Å². The maximum atomic E-state index is 12.7. The van der Waals surface area contributed by atoms with Crippen molar-refractivity contribution in [3.05, 3.63) is 41.7 Å². The van der Waals surface area contributed by atoms with E-state index in [1.54, 1.807) is 18.2 Å². The van der Waals surface area contributed by atoms with Crippen LogP contribution < -0.4 is 5.32 Å². The van der Waals surface area contributed by atoms with Crippen molar-refractivity contribution in [3.8, 4) is 0 Å². The topological polar surface area (TPSA) is 49.3 Å². The Hall–Kier alpha value is -1.68. The summed E-state index contributed by atoms with van der Waals surface area (Å²) < 4.78 is 12.7. The highest BCUT2D eigenvalue weighted by atomic mass is 19.1. The van der Waals surface area contributed by atoms with Crippen LogP contribution in [-0.4, -0.2) is 23.7 Å². The van der Waals surface area contributed by atoms with E-state index in [0.29, 0.717) is 6.42 Å². The van der Waals surface area contributed by atoms with Crippen LogP contribution in [0.3, 0.4) is 0 Å². The maximum absolute atomic E-state index is 12.7. The summed E-state index contributed by atoms with van der Waals surface area (Å²) in [6.45, 7) is 2.02. The van der Waals surface area contributed by atoms with Crippen LogP contribution in [0.5, 0.6) is 0 Å². The molecular weight excluding hydrogens is 233 g/mol. The first-order valence-electron chi connectivity index (χ1n) is 5.97. The molecule has 0 spiro atoms. The quantitative estimate of drug-likeness (QED) is 0.761. The molecule has 0 bridgehead atoms. The Morgan fingerprint density at radius 3 is 2.72 bits per heavy atom. The van der Waals surface area contributed by atoms with Crippen LogP contribution in [0.25, 0.3) is 6.08 Å². The van der Waals surface area contributed by atoms with E-state index in [4.69, 9.17) is 5.11 Å². The van der Waals surface area contributed by atoms with Crippen molar-refractivity contribution in [2.45, 2.75) is 25.8 Å². The largest absolute Gasteiger partial charge is 0.396 e. The lowest BCUT2D eigenvalue weighted by Gasteiger charge is -2.10. The number of hydrogen-bond acceptors (Lipinski definition) is 2. The van der Waals surface area contributed by atoms with Crippen LogP contribution in [0.1, 0.15) is 25.3 Å². The normalized spacial score (nSPS) is 12.6. The van der Waals surface area contributed by atoms with Gasteiger partial charge in [-0.3, -0.25) is 4.79 Å². The fraction of sp³-hybridized carbons (Fsp3) is 0.357. The predicted molar refractivity (Wildman–Crippen MR) is 69.4 cm³/mol. The molecule has 0 aliphatic rings. The minimum atomic E-state index is -0.297. The van der Waals surface area contributed by atoms with Crippen molar-refractivity contribution >= 4 is 12.0 Å². The Balaban J connectivity index is 2.41. The Morgan fingerprint density at radius 1 is 1.44 bits per heavy atom. The van der Waals surface area contributed by atoms with Gasteiger partial charge in [0.1, 0.15) is 5.82 Å². The average Bonchev–Trinajstić information content (AvgIpc) is 2.35. The lowest BCUT2D eigenvalue weighted by Crippen LogP contribution is -2.31. The van der Waals surface area contributed by atoms with Crippen molar-refractivity contribution < 1.29 is 14.3 Å². The number of rotatable bonds is 6. The van der Waals surface area contributed by atoms with Crippen molar-refractivity contribution in [1.29, 1.82) is 0 Å². The summed E-state index contributed by atoms with van der Waals surface area (Å²) in [5.41, 5.74) is 0.773. The van der Waals surface area contributed by atoms with E-state index in [1.807, 2.05) is 6.92 Å². The number of aliphatic hydroxyl groups is 1. The minimum absolute atomic E-state index is 0.0301. The number of halogens is 1. The molecule has 0 aromatic heterocycles. The third-order valence-corrected chi connectivity index (χ3v) is 2.48. The lowest BCUT2D eigenvalue weighted by molar-refractivity contribution is -0.117. The molecule has 1 amide bonds. The number of amides is 1. The van der Waals surface area contributed by atoms with E-state index in [9.17, 15) is 9.18 Å². The number of nitrogens with one attached hydrogen (secondary N) is 1. The summed E-state index contributed by atoms with van der Waals surface area (Å²) in [5.74, 6) is -0.487. The summed E-state index contributed by atoms with van der Waals surface area (Å²) >= 11 is 0. The summed E-state index contributed by atoms with van der Waals surface area (Å²) in [5, 5.41) is 11.5. The van der Waals surface area contributed by atoms with Gasteiger partial charge >= 0.3 is 0 Å². The van der Waals surface area contributed by atoms with E-state index in [-0.39, 0.29) is 24.4 Å². The van der Waals surface area contributed by atoms with Gasteiger partial charge in [-0.2, -0.15) is 0 Å². The van der Waals surface area contributed by atoms with Gasteiger partial charge in [-0.25, -0.2) is 4.39 Å². The second-order valence-electron chi connectivity index (χ2n) is 4.16. The van der Waals surface area contributed by atoms with Gasteiger partial charge in [0.25, 0.3) is 0 Å². The van der Waals surface area contributed by atoms with Gasteiger partial charge in [0.15, 0.2) is 0 Å². The fourth-order valence-electron chi connectivity index (χ4n) is 1.51. The fourth-order valence-corrected chi connectivity index (χ4v) is 1.51. The van der Waals surface area contributed by atoms with Gasteiger partial charge in [0.05, 0.1) is 0 Å². The van der Waals surface area contributed by atoms with Crippen LogP contribution in [-0.2, 0) is 4.79 Å². The van der Waals surface area contributed by atoms with Crippen molar-refractivity contribution in [1.82, 2.24) is 5.32 Å². The number of carbonyl (C=O) groups excluding carboxylic acids is 1. The third-order valence-electron chi connectivity index (χ3n) is 2.48. The van der Waals surface area contributed by atoms with Gasteiger partial charge in [-0.05, 0) is 43.5 Å². The van der Waals surface area contributed by atoms with Crippen LogP contribution in [0.2, 0.25) is 0 Å². The van der Waals surface area contributed by atoms with E-state index in [2.05, 4.69) is 5.32 Å². The zero-order valence-corrected chi connectivity index (χ0v) is 10.4. The maximum Gasteiger partial charge on any atom is 0.244 e. The minimum Gasteiger partial charge on any atom is -0.396 e. The molecule has 1 aromatic rings. The Labute approximate surface area is 106 Å². The monoisotopic (exact) mass is 251 g/mol. The molecule has 1 unspecified atom stereocenters. The number of benzene rings is 1. The smallest absolute Gasteiger partial charge is 0.244 e. The molecule has 0 saturated carbocycles. The Bertz CT molecular complexity index is 401. The van der Waals surface area contributed by atoms with Crippen molar-refractivity contribution in [2.24, 2.45) is 0 Å². The Kier molecular flexibility index (Phi) is 6.08. The molecule has 1 atom stereocenters. The van der Waals surface area contributed by atoms with Crippen molar-refractivity contribution in [3.63, 3.8) is 0 Å². The lowest BCUT2D eigenvalue weighted by atomic mass is 10.2. The highest BCUT2D eigenvalue weighted by Gasteiger charge is 2.03. The molecule has 0 fully saturated rings. The molecule has 0 aliphatic heterocycles. The van der Waals surface area contributed by atoms with Crippen LogP contribution in [0.4, 0.5) is 4.39 Å². The van der Waals surface area contributed by atoms with E-state index in [1.165, 1.54) is 18.2 Å². The summed E-state index contributed by atoms with van der Waals surface area (Å²) in [6, 6.07) is 5.94. The third kappa shape index (κ3) is 5.59.